The van der Waals surface area contributed by atoms with Gasteiger partial charge in [0.2, 0.25) is 0 Å². The van der Waals surface area contributed by atoms with Crippen molar-refractivity contribution in [2.75, 3.05) is 13.1 Å². The molecule has 3 aromatic rings. The van der Waals surface area contributed by atoms with Gasteiger partial charge in [-0.15, -0.1) is 0 Å². The van der Waals surface area contributed by atoms with E-state index in [0.29, 0.717) is 22.1 Å². The van der Waals surface area contributed by atoms with E-state index in [1.807, 2.05) is 12.1 Å². The second kappa shape index (κ2) is 8.60. The van der Waals surface area contributed by atoms with Crippen molar-refractivity contribution < 1.29 is 4.74 Å². The van der Waals surface area contributed by atoms with Crippen molar-refractivity contribution >= 4 is 22.4 Å². The lowest BCUT2D eigenvalue weighted by atomic mass is 10.0. The SMILES string of the molecule is CC(C)c1ccc(CN2CCC(Oc3cc4cc[nH]c(=O)c4cc3Cl)CC2)cc1. The summed E-state index contributed by atoms with van der Waals surface area (Å²) in [6.45, 7) is 7.42. The van der Waals surface area contributed by atoms with Crippen molar-refractivity contribution in [1.29, 1.82) is 0 Å². The number of fused-ring (bicyclic) bond motifs is 1. The van der Waals surface area contributed by atoms with E-state index in [-0.39, 0.29) is 11.7 Å². The maximum atomic E-state index is 11.9. The lowest BCUT2D eigenvalue weighted by Crippen LogP contribution is -2.37. The van der Waals surface area contributed by atoms with Crippen LogP contribution < -0.4 is 10.3 Å². The molecule has 1 fully saturated rings. The highest BCUT2D eigenvalue weighted by Crippen LogP contribution is 2.31. The minimum atomic E-state index is -0.134. The molecule has 29 heavy (non-hydrogen) atoms. The van der Waals surface area contributed by atoms with Crippen LogP contribution in [0.15, 0.2) is 53.5 Å². The minimum absolute atomic E-state index is 0.134. The first kappa shape index (κ1) is 20.0. The standard InChI is InChI=1S/C24H27ClN2O2/c1-16(2)18-5-3-17(4-6-18)15-27-11-8-20(9-12-27)29-23-13-19-7-10-26-24(28)21(19)14-22(23)25/h3-7,10,13-14,16,20H,8-9,11-12,15H2,1-2H3,(H,26,28). The van der Waals surface area contributed by atoms with Gasteiger partial charge in [-0.2, -0.15) is 0 Å². The molecule has 0 aliphatic carbocycles. The van der Waals surface area contributed by atoms with Crippen LogP contribution in [0.1, 0.15) is 43.7 Å². The Hall–Kier alpha value is -2.30. The average Bonchev–Trinajstić information content (AvgIpc) is 2.71. The Labute approximate surface area is 176 Å². The molecule has 1 N–H and O–H groups in total. The second-order valence-corrected chi connectivity index (χ2v) is 8.57. The van der Waals surface area contributed by atoms with Gasteiger partial charge in [0, 0.05) is 31.2 Å². The molecule has 0 unspecified atom stereocenters. The van der Waals surface area contributed by atoms with Crippen LogP contribution in [0.4, 0.5) is 0 Å². The van der Waals surface area contributed by atoms with E-state index in [1.165, 1.54) is 11.1 Å². The van der Waals surface area contributed by atoms with Crippen molar-refractivity contribution in [3.63, 3.8) is 0 Å². The van der Waals surface area contributed by atoms with Gasteiger partial charge >= 0.3 is 0 Å². The zero-order valence-corrected chi connectivity index (χ0v) is 17.7. The Morgan fingerprint density at radius 1 is 1.14 bits per heavy atom. The summed E-state index contributed by atoms with van der Waals surface area (Å²) >= 11 is 6.38. The van der Waals surface area contributed by atoms with Gasteiger partial charge < -0.3 is 9.72 Å². The first-order chi connectivity index (χ1) is 14.0. The van der Waals surface area contributed by atoms with Crippen LogP contribution in [-0.4, -0.2) is 29.1 Å². The summed E-state index contributed by atoms with van der Waals surface area (Å²) < 4.78 is 6.20. The number of nitrogens with one attached hydrogen (secondary N) is 1. The molecule has 152 valence electrons. The van der Waals surface area contributed by atoms with Crippen LogP contribution >= 0.6 is 11.6 Å². The lowest BCUT2D eigenvalue weighted by molar-refractivity contribution is 0.0970. The number of nitrogens with zero attached hydrogens (tertiary/aromatic N) is 1. The number of likely N-dealkylation sites (tertiary alicyclic amines) is 1. The molecule has 0 amide bonds. The predicted octanol–water partition coefficient (Wildman–Crippen LogP) is 5.35. The topological polar surface area (TPSA) is 45.3 Å². The van der Waals surface area contributed by atoms with Gasteiger partial charge in [0.05, 0.1) is 5.02 Å². The Balaban J connectivity index is 1.36. The fourth-order valence-corrected chi connectivity index (χ4v) is 4.12. The molecule has 0 atom stereocenters. The van der Waals surface area contributed by atoms with E-state index >= 15 is 0 Å². The van der Waals surface area contributed by atoms with Gasteiger partial charge in [-0.05, 0) is 53.5 Å². The Kier molecular flexibility index (Phi) is 5.93. The van der Waals surface area contributed by atoms with Crippen LogP contribution in [0.2, 0.25) is 5.02 Å². The molecule has 0 spiro atoms. The van der Waals surface area contributed by atoms with Gasteiger partial charge in [0.25, 0.3) is 5.56 Å². The summed E-state index contributed by atoms with van der Waals surface area (Å²) in [7, 11) is 0. The molecule has 0 bridgehead atoms. The van der Waals surface area contributed by atoms with Gasteiger partial charge in [0.15, 0.2) is 0 Å². The van der Waals surface area contributed by atoms with Crippen LogP contribution in [0.5, 0.6) is 5.75 Å². The van der Waals surface area contributed by atoms with E-state index in [1.54, 1.807) is 12.3 Å². The number of rotatable bonds is 5. The second-order valence-electron chi connectivity index (χ2n) is 8.17. The number of aromatic amines is 1. The van der Waals surface area contributed by atoms with E-state index < -0.39 is 0 Å². The minimum Gasteiger partial charge on any atom is -0.489 e. The predicted molar refractivity (Wildman–Crippen MR) is 119 cm³/mol. The van der Waals surface area contributed by atoms with E-state index in [0.717, 1.165) is 37.9 Å². The van der Waals surface area contributed by atoms with Crippen molar-refractivity contribution in [3.8, 4) is 5.75 Å². The van der Waals surface area contributed by atoms with Gasteiger partial charge in [-0.3, -0.25) is 9.69 Å². The third-order valence-corrected chi connectivity index (χ3v) is 6.00. The number of pyridine rings is 1. The number of hydrogen-bond acceptors (Lipinski definition) is 3. The van der Waals surface area contributed by atoms with Gasteiger partial charge in [0.1, 0.15) is 11.9 Å². The highest BCUT2D eigenvalue weighted by Gasteiger charge is 2.21. The number of H-pyrrole nitrogens is 1. The van der Waals surface area contributed by atoms with Gasteiger partial charge in [-0.1, -0.05) is 49.7 Å². The maximum absolute atomic E-state index is 11.9. The Bertz CT molecular complexity index is 1030. The van der Waals surface area contributed by atoms with Crippen molar-refractivity contribution in [1.82, 2.24) is 9.88 Å². The zero-order valence-electron chi connectivity index (χ0n) is 17.0. The van der Waals surface area contributed by atoms with Crippen LogP contribution in [-0.2, 0) is 6.54 Å². The highest BCUT2D eigenvalue weighted by molar-refractivity contribution is 6.32. The number of ether oxygens (including phenoxy) is 1. The molecule has 2 aromatic carbocycles. The van der Waals surface area contributed by atoms with E-state index in [2.05, 4.69) is 48.0 Å². The Morgan fingerprint density at radius 2 is 1.86 bits per heavy atom. The molecule has 1 aromatic heterocycles. The largest absolute Gasteiger partial charge is 0.489 e. The summed E-state index contributed by atoms with van der Waals surface area (Å²) in [5.74, 6) is 1.23. The normalized spacial score (nSPS) is 15.9. The quantitative estimate of drug-likeness (QED) is 0.616. The number of piperidine rings is 1. The molecule has 2 heterocycles. The lowest BCUT2D eigenvalue weighted by Gasteiger charge is -2.32. The summed E-state index contributed by atoms with van der Waals surface area (Å²) in [6.07, 6.45) is 3.72. The summed E-state index contributed by atoms with van der Waals surface area (Å²) in [6, 6.07) is 14.4. The molecule has 5 heteroatoms. The smallest absolute Gasteiger partial charge is 0.255 e. The average molecular weight is 411 g/mol. The monoisotopic (exact) mass is 410 g/mol. The first-order valence-electron chi connectivity index (χ1n) is 10.3. The number of benzene rings is 2. The fourth-order valence-electron chi connectivity index (χ4n) is 3.91. The van der Waals surface area contributed by atoms with Crippen molar-refractivity contribution in [2.24, 2.45) is 0 Å². The molecule has 0 saturated carbocycles. The number of hydrogen-bond donors (Lipinski definition) is 1. The molecular formula is C24H27ClN2O2. The molecule has 1 saturated heterocycles. The van der Waals surface area contributed by atoms with Crippen LogP contribution in [0, 0.1) is 0 Å². The van der Waals surface area contributed by atoms with E-state index in [4.69, 9.17) is 16.3 Å². The van der Waals surface area contributed by atoms with Gasteiger partial charge in [-0.25, -0.2) is 0 Å². The number of halogens is 1. The van der Waals surface area contributed by atoms with Crippen molar-refractivity contribution in [2.45, 2.75) is 45.3 Å². The Morgan fingerprint density at radius 3 is 2.55 bits per heavy atom. The first-order valence-corrected chi connectivity index (χ1v) is 10.7. The third kappa shape index (κ3) is 4.65. The molecule has 1 aliphatic heterocycles. The molecule has 0 radical (unpaired) electrons. The van der Waals surface area contributed by atoms with Crippen molar-refractivity contribution in [3.05, 3.63) is 75.2 Å². The molecular weight excluding hydrogens is 384 g/mol. The maximum Gasteiger partial charge on any atom is 0.255 e. The molecule has 1 aliphatic rings. The van der Waals surface area contributed by atoms with E-state index in [9.17, 15) is 4.79 Å². The van der Waals surface area contributed by atoms with Crippen LogP contribution in [0.3, 0.4) is 0 Å². The third-order valence-electron chi connectivity index (χ3n) is 5.71. The highest BCUT2D eigenvalue weighted by atomic mass is 35.5. The summed E-state index contributed by atoms with van der Waals surface area (Å²) in [5.41, 5.74) is 2.61. The van der Waals surface area contributed by atoms with Crippen LogP contribution in [0.25, 0.3) is 10.8 Å². The molecule has 4 rings (SSSR count). The summed E-state index contributed by atoms with van der Waals surface area (Å²) in [4.78, 5) is 17.1. The number of aromatic nitrogens is 1. The molecule has 4 nitrogen and oxygen atoms in total. The fraction of sp³-hybridized carbons (Fsp3) is 0.375. The zero-order chi connectivity index (χ0) is 20.4. The summed E-state index contributed by atoms with van der Waals surface area (Å²) in [5, 5.41) is 1.92.